The third kappa shape index (κ3) is 2.49. The van der Waals surface area contributed by atoms with Crippen LogP contribution in [0.2, 0.25) is 0 Å². The Hall–Kier alpha value is -1.62. The maximum Gasteiger partial charge on any atom is 0.151 e. The Bertz CT molecular complexity index is 439. The Morgan fingerprint density at radius 3 is 2.94 bits per heavy atom. The molecular formula is C11H14N4S. The Labute approximate surface area is 99.0 Å². The molecule has 0 radical (unpaired) electrons. The van der Waals surface area contributed by atoms with Crippen LogP contribution in [0.5, 0.6) is 0 Å². The van der Waals surface area contributed by atoms with Crippen molar-refractivity contribution >= 4 is 22.8 Å². The van der Waals surface area contributed by atoms with Gasteiger partial charge in [0.2, 0.25) is 0 Å². The van der Waals surface area contributed by atoms with E-state index in [4.69, 9.17) is 0 Å². The molecule has 0 atom stereocenters. The highest BCUT2D eigenvalue weighted by Gasteiger charge is 2.04. The topological polar surface area (TPSA) is 41.1 Å². The van der Waals surface area contributed by atoms with E-state index < -0.39 is 0 Å². The average molecular weight is 234 g/mol. The van der Waals surface area contributed by atoms with Crippen molar-refractivity contribution in [2.75, 3.05) is 24.3 Å². The van der Waals surface area contributed by atoms with Crippen LogP contribution >= 0.6 is 11.3 Å². The Morgan fingerprint density at radius 2 is 2.25 bits per heavy atom. The average Bonchev–Trinajstić information content (AvgIpc) is 2.79. The van der Waals surface area contributed by atoms with Gasteiger partial charge in [0.1, 0.15) is 0 Å². The monoisotopic (exact) mass is 234 g/mol. The normalized spacial score (nSPS) is 10.1. The van der Waals surface area contributed by atoms with E-state index in [9.17, 15) is 0 Å². The fraction of sp³-hybridized carbons (Fsp3) is 0.273. The first kappa shape index (κ1) is 10.9. The molecule has 16 heavy (non-hydrogen) atoms. The molecule has 0 fully saturated rings. The number of nitrogens with zero attached hydrogens (tertiary/aromatic N) is 3. The minimum Gasteiger partial charge on any atom is -0.376 e. The van der Waals surface area contributed by atoms with Gasteiger partial charge in [-0.15, -0.1) is 11.3 Å². The van der Waals surface area contributed by atoms with Crippen molar-refractivity contribution < 1.29 is 0 Å². The second kappa shape index (κ2) is 4.94. The van der Waals surface area contributed by atoms with Gasteiger partial charge in [-0.05, 0) is 12.1 Å². The molecule has 0 unspecified atom stereocenters. The Morgan fingerprint density at radius 1 is 1.38 bits per heavy atom. The molecule has 0 saturated carbocycles. The minimum absolute atomic E-state index is 0.732. The zero-order valence-corrected chi connectivity index (χ0v) is 10.2. The number of hydrogen-bond donors (Lipinski definition) is 1. The van der Waals surface area contributed by atoms with Gasteiger partial charge in [0, 0.05) is 25.7 Å². The molecule has 0 bridgehead atoms. The van der Waals surface area contributed by atoms with Gasteiger partial charge in [0.05, 0.1) is 23.4 Å². The number of pyridine rings is 1. The van der Waals surface area contributed by atoms with Crippen molar-refractivity contribution in [1.82, 2.24) is 9.97 Å². The van der Waals surface area contributed by atoms with Gasteiger partial charge >= 0.3 is 0 Å². The lowest BCUT2D eigenvalue weighted by Crippen LogP contribution is -2.13. The number of nitrogens with one attached hydrogen (secondary N) is 1. The summed E-state index contributed by atoms with van der Waals surface area (Å²) in [5, 5.41) is 5.38. The lowest BCUT2D eigenvalue weighted by Gasteiger charge is -2.16. The van der Waals surface area contributed by atoms with Crippen LogP contribution in [0.4, 0.5) is 11.5 Å². The standard InChI is InChI=1S/C11H14N4S/c1-15(2)11-10(4-3-5-12-11)13-6-9-7-16-8-14-9/h3-5,7-8,13H,6H2,1-2H3. The van der Waals surface area contributed by atoms with E-state index in [1.165, 1.54) is 0 Å². The maximum atomic E-state index is 4.32. The molecule has 0 aliphatic heterocycles. The van der Waals surface area contributed by atoms with E-state index in [0.29, 0.717) is 0 Å². The van der Waals surface area contributed by atoms with Crippen molar-refractivity contribution in [1.29, 1.82) is 0 Å². The molecule has 0 aliphatic rings. The van der Waals surface area contributed by atoms with Crippen LogP contribution in [0.25, 0.3) is 0 Å². The van der Waals surface area contributed by atoms with Gasteiger partial charge in [-0.2, -0.15) is 0 Å². The van der Waals surface area contributed by atoms with Crippen molar-refractivity contribution in [2.45, 2.75) is 6.54 Å². The van der Waals surface area contributed by atoms with E-state index in [-0.39, 0.29) is 0 Å². The van der Waals surface area contributed by atoms with Crippen molar-refractivity contribution in [3.63, 3.8) is 0 Å². The maximum absolute atomic E-state index is 4.32. The van der Waals surface area contributed by atoms with Gasteiger partial charge in [0.25, 0.3) is 0 Å². The Kier molecular flexibility index (Phi) is 3.36. The summed E-state index contributed by atoms with van der Waals surface area (Å²) in [6, 6.07) is 3.95. The van der Waals surface area contributed by atoms with E-state index in [1.807, 2.05) is 42.0 Å². The fourth-order valence-corrected chi connectivity index (χ4v) is 1.96. The number of thiazole rings is 1. The molecule has 84 valence electrons. The highest BCUT2D eigenvalue weighted by atomic mass is 32.1. The first-order chi connectivity index (χ1) is 7.77. The molecule has 2 aromatic heterocycles. The minimum atomic E-state index is 0.732. The summed E-state index contributed by atoms with van der Waals surface area (Å²) >= 11 is 1.61. The Balaban J connectivity index is 2.09. The summed E-state index contributed by atoms with van der Waals surface area (Å²) in [6.45, 7) is 0.732. The van der Waals surface area contributed by atoms with E-state index >= 15 is 0 Å². The van der Waals surface area contributed by atoms with Crippen molar-refractivity contribution in [3.05, 3.63) is 34.9 Å². The quantitative estimate of drug-likeness (QED) is 0.880. The second-order valence-corrected chi connectivity index (χ2v) is 4.32. The van der Waals surface area contributed by atoms with Crippen LogP contribution < -0.4 is 10.2 Å². The van der Waals surface area contributed by atoms with Crippen LogP contribution in [-0.4, -0.2) is 24.1 Å². The molecule has 2 rings (SSSR count). The zero-order chi connectivity index (χ0) is 11.4. The van der Waals surface area contributed by atoms with Crippen LogP contribution in [0.3, 0.4) is 0 Å². The lowest BCUT2D eigenvalue weighted by molar-refractivity contribution is 1.03. The van der Waals surface area contributed by atoms with Crippen LogP contribution in [-0.2, 0) is 6.54 Å². The molecule has 2 heterocycles. The molecule has 0 aromatic carbocycles. The van der Waals surface area contributed by atoms with Gasteiger partial charge in [-0.3, -0.25) is 0 Å². The smallest absolute Gasteiger partial charge is 0.151 e. The summed E-state index contributed by atoms with van der Waals surface area (Å²) in [4.78, 5) is 10.5. The van der Waals surface area contributed by atoms with Crippen molar-refractivity contribution in [2.24, 2.45) is 0 Å². The summed E-state index contributed by atoms with van der Waals surface area (Å²) < 4.78 is 0. The first-order valence-electron chi connectivity index (χ1n) is 5.00. The van der Waals surface area contributed by atoms with Gasteiger partial charge < -0.3 is 10.2 Å². The molecule has 0 spiro atoms. The van der Waals surface area contributed by atoms with Crippen LogP contribution in [0.15, 0.2) is 29.2 Å². The third-order valence-electron chi connectivity index (χ3n) is 2.15. The molecule has 4 nitrogen and oxygen atoms in total. The predicted octanol–water partition coefficient (Wildman–Crippen LogP) is 2.22. The SMILES string of the molecule is CN(C)c1ncccc1NCc1cscn1. The molecule has 2 aromatic rings. The molecule has 0 amide bonds. The third-order valence-corrected chi connectivity index (χ3v) is 2.79. The second-order valence-electron chi connectivity index (χ2n) is 3.60. The molecule has 0 aliphatic carbocycles. The number of hydrogen-bond acceptors (Lipinski definition) is 5. The summed E-state index contributed by atoms with van der Waals surface area (Å²) in [5.41, 5.74) is 3.92. The van der Waals surface area contributed by atoms with Crippen LogP contribution in [0, 0.1) is 0 Å². The molecule has 0 saturated heterocycles. The van der Waals surface area contributed by atoms with Gasteiger partial charge in [0.15, 0.2) is 5.82 Å². The lowest BCUT2D eigenvalue weighted by atomic mass is 10.3. The van der Waals surface area contributed by atoms with E-state index in [2.05, 4.69) is 15.3 Å². The number of aromatic nitrogens is 2. The van der Waals surface area contributed by atoms with E-state index in [1.54, 1.807) is 17.5 Å². The van der Waals surface area contributed by atoms with E-state index in [0.717, 1.165) is 23.7 Å². The fourth-order valence-electron chi connectivity index (χ4n) is 1.40. The predicted molar refractivity (Wildman–Crippen MR) is 68.0 cm³/mol. The number of anilines is 2. The van der Waals surface area contributed by atoms with Gasteiger partial charge in [-0.1, -0.05) is 0 Å². The summed E-state index contributed by atoms with van der Waals surface area (Å²) in [5.74, 6) is 0.942. The molecule has 1 N–H and O–H groups in total. The zero-order valence-electron chi connectivity index (χ0n) is 9.34. The highest BCUT2D eigenvalue weighted by Crippen LogP contribution is 2.20. The van der Waals surface area contributed by atoms with Crippen LogP contribution in [0.1, 0.15) is 5.69 Å². The molecular weight excluding hydrogens is 220 g/mol. The first-order valence-corrected chi connectivity index (χ1v) is 5.95. The largest absolute Gasteiger partial charge is 0.376 e. The summed E-state index contributed by atoms with van der Waals surface area (Å²) in [7, 11) is 3.96. The van der Waals surface area contributed by atoms with Crippen molar-refractivity contribution in [3.8, 4) is 0 Å². The van der Waals surface area contributed by atoms with Gasteiger partial charge in [-0.25, -0.2) is 9.97 Å². The number of rotatable bonds is 4. The molecule has 5 heteroatoms. The highest BCUT2D eigenvalue weighted by molar-refractivity contribution is 7.07. The summed E-state index contributed by atoms with van der Waals surface area (Å²) in [6.07, 6.45) is 1.79.